The molecule has 2 aromatic carbocycles. The Labute approximate surface area is 169 Å². The van der Waals surface area contributed by atoms with E-state index >= 15 is 0 Å². The van der Waals surface area contributed by atoms with Crippen LogP contribution in [0.25, 0.3) is 0 Å². The zero-order valence-electron chi connectivity index (χ0n) is 15.7. The summed E-state index contributed by atoms with van der Waals surface area (Å²) in [5.74, 6) is 1.51. The topological polar surface area (TPSA) is 55.8 Å². The van der Waals surface area contributed by atoms with Crippen molar-refractivity contribution in [1.29, 1.82) is 0 Å². The van der Waals surface area contributed by atoms with E-state index in [1.807, 2.05) is 0 Å². The number of ether oxygens (including phenoxy) is 2. The lowest BCUT2D eigenvalue weighted by Crippen LogP contribution is -2.51. The van der Waals surface area contributed by atoms with Crippen LogP contribution in [0, 0.1) is 0 Å². The van der Waals surface area contributed by atoms with Crippen LogP contribution in [0.2, 0.25) is 5.02 Å². The van der Waals surface area contributed by atoms with Gasteiger partial charge in [0, 0.05) is 36.5 Å². The van der Waals surface area contributed by atoms with Gasteiger partial charge in [0.25, 0.3) is 0 Å². The molecule has 28 heavy (non-hydrogen) atoms. The van der Waals surface area contributed by atoms with Crippen molar-refractivity contribution in [2.45, 2.75) is 24.9 Å². The number of halogens is 1. The Morgan fingerprint density at radius 2 is 1.89 bits per heavy atom. The number of likely N-dealkylation sites (tertiary alicyclic amines) is 1. The summed E-state index contributed by atoms with van der Waals surface area (Å²) in [5.41, 5.74) is 0.767. The molecule has 1 saturated heterocycles. The monoisotopic (exact) mass is 399 g/mol. The molecule has 2 aromatic rings. The Morgan fingerprint density at radius 3 is 2.57 bits per heavy atom. The summed E-state index contributed by atoms with van der Waals surface area (Å²) in [6, 6.07) is 12.4. The molecule has 146 valence electrons. The fourth-order valence-corrected chi connectivity index (χ4v) is 4.11. The first-order valence-electron chi connectivity index (χ1n) is 9.39. The molecule has 6 heteroatoms. The SMILES string of the molecule is COc1ccc(C(=O)CN2CCC3(CC2)CC(=O)c2cc(Cl)ccc2O3)cc1. The Kier molecular flexibility index (Phi) is 5.13. The third-order valence-corrected chi connectivity index (χ3v) is 5.83. The fourth-order valence-electron chi connectivity index (χ4n) is 3.94. The maximum Gasteiger partial charge on any atom is 0.176 e. The van der Waals surface area contributed by atoms with E-state index in [1.54, 1.807) is 49.6 Å². The van der Waals surface area contributed by atoms with Gasteiger partial charge < -0.3 is 9.47 Å². The third-order valence-electron chi connectivity index (χ3n) is 5.60. The quantitative estimate of drug-likeness (QED) is 0.726. The van der Waals surface area contributed by atoms with Crippen molar-refractivity contribution >= 4 is 23.2 Å². The molecular formula is C22H22ClNO4. The van der Waals surface area contributed by atoms with Crippen LogP contribution in [-0.4, -0.2) is 48.8 Å². The van der Waals surface area contributed by atoms with Gasteiger partial charge in [-0.05, 0) is 42.5 Å². The lowest BCUT2D eigenvalue weighted by Gasteiger charge is -2.43. The summed E-state index contributed by atoms with van der Waals surface area (Å²) >= 11 is 6.00. The van der Waals surface area contributed by atoms with Crippen molar-refractivity contribution in [3.63, 3.8) is 0 Å². The minimum atomic E-state index is -0.475. The van der Waals surface area contributed by atoms with Crippen LogP contribution in [0.1, 0.15) is 40.0 Å². The van der Waals surface area contributed by atoms with E-state index < -0.39 is 5.60 Å². The van der Waals surface area contributed by atoms with Crippen LogP contribution in [0.4, 0.5) is 0 Å². The average Bonchev–Trinajstić information content (AvgIpc) is 2.71. The number of hydrogen-bond acceptors (Lipinski definition) is 5. The number of nitrogens with zero attached hydrogens (tertiary/aromatic N) is 1. The first-order chi connectivity index (χ1) is 13.5. The predicted molar refractivity (Wildman–Crippen MR) is 107 cm³/mol. The third kappa shape index (κ3) is 3.77. The number of piperidine rings is 1. The maximum absolute atomic E-state index is 12.6. The second kappa shape index (κ2) is 7.57. The summed E-state index contributed by atoms with van der Waals surface area (Å²) in [6.45, 7) is 1.80. The highest BCUT2D eigenvalue weighted by molar-refractivity contribution is 6.31. The molecule has 4 rings (SSSR count). The average molecular weight is 400 g/mol. The van der Waals surface area contributed by atoms with Crippen molar-refractivity contribution in [2.24, 2.45) is 0 Å². The van der Waals surface area contributed by atoms with Gasteiger partial charge in [-0.25, -0.2) is 0 Å². The number of Topliss-reactive ketones (excluding diaryl/α,β-unsaturated/α-hetero) is 2. The van der Waals surface area contributed by atoms with Gasteiger partial charge in [-0.2, -0.15) is 0 Å². The zero-order chi connectivity index (χ0) is 19.7. The number of carbonyl (C=O) groups is 2. The number of carbonyl (C=O) groups excluding carboxylic acids is 2. The summed E-state index contributed by atoms with van der Waals surface area (Å²) < 4.78 is 11.4. The molecule has 0 N–H and O–H groups in total. The van der Waals surface area contributed by atoms with Crippen molar-refractivity contribution in [3.8, 4) is 11.5 Å². The molecule has 5 nitrogen and oxygen atoms in total. The molecule has 0 aliphatic carbocycles. The number of methoxy groups -OCH3 is 1. The van der Waals surface area contributed by atoms with E-state index in [2.05, 4.69) is 4.90 Å². The van der Waals surface area contributed by atoms with Gasteiger partial charge in [0.2, 0.25) is 0 Å². The highest BCUT2D eigenvalue weighted by Crippen LogP contribution is 2.40. The van der Waals surface area contributed by atoms with Gasteiger partial charge in [0.1, 0.15) is 17.1 Å². The van der Waals surface area contributed by atoms with Gasteiger partial charge in [0.15, 0.2) is 11.6 Å². The number of ketones is 2. The molecule has 2 aliphatic rings. The smallest absolute Gasteiger partial charge is 0.176 e. The minimum Gasteiger partial charge on any atom is -0.497 e. The fraction of sp³-hybridized carbons (Fsp3) is 0.364. The van der Waals surface area contributed by atoms with Crippen LogP contribution in [0.15, 0.2) is 42.5 Å². The molecule has 0 bridgehead atoms. The normalized spacial score (nSPS) is 18.4. The van der Waals surface area contributed by atoms with Crippen LogP contribution < -0.4 is 9.47 Å². The first-order valence-corrected chi connectivity index (χ1v) is 9.77. The largest absolute Gasteiger partial charge is 0.497 e. The van der Waals surface area contributed by atoms with Gasteiger partial charge in [0.05, 0.1) is 25.6 Å². The minimum absolute atomic E-state index is 0.0755. The molecule has 0 saturated carbocycles. The van der Waals surface area contributed by atoms with E-state index in [-0.39, 0.29) is 11.6 Å². The summed E-state index contributed by atoms with van der Waals surface area (Å²) in [5, 5.41) is 0.540. The van der Waals surface area contributed by atoms with Gasteiger partial charge >= 0.3 is 0 Å². The predicted octanol–water partition coefficient (Wildman–Crippen LogP) is 4.03. The molecule has 1 spiro atoms. The number of hydrogen-bond donors (Lipinski definition) is 0. The molecule has 0 unspecified atom stereocenters. The number of fused-ring (bicyclic) bond motifs is 1. The summed E-state index contributed by atoms with van der Waals surface area (Å²) in [7, 11) is 1.60. The molecule has 1 fully saturated rings. The second-order valence-corrected chi connectivity index (χ2v) is 7.89. The van der Waals surface area contributed by atoms with Crippen LogP contribution >= 0.6 is 11.6 Å². The Morgan fingerprint density at radius 1 is 1.18 bits per heavy atom. The maximum atomic E-state index is 12.6. The molecule has 2 aliphatic heterocycles. The van der Waals surface area contributed by atoms with Crippen LogP contribution in [-0.2, 0) is 0 Å². The van der Waals surface area contributed by atoms with Crippen molar-refractivity contribution in [3.05, 3.63) is 58.6 Å². The van der Waals surface area contributed by atoms with Crippen molar-refractivity contribution in [2.75, 3.05) is 26.7 Å². The van der Waals surface area contributed by atoms with E-state index in [0.29, 0.717) is 34.9 Å². The Hall–Kier alpha value is -2.37. The highest BCUT2D eigenvalue weighted by Gasteiger charge is 2.43. The van der Waals surface area contributed by atoms with E-state index in [1.165, 1.54) is 0 Å². The van der Waals surface area contributed by atoms with E-state index in [4.69, 9.17) is 21.1 Å². The van der Waals surface area contributed by atoms with Crippen molar-refractivity contribution in [1.82, 2.24) is 4.90 Å². The van der Waals surface area contributed by atoms with E-state index in [0.717, 1.165) is 31.7 Å². The molecule has 0 atom stereocenters. The van der Waals surface area contributed by atoms with Gasteiger partial charge in [-0.1, -0.05) is 11.6 Å². The Balaban J connectivity index is 1.38. The second-order valence-electron chi connectivity index (χ2n) is 7.45. The highest BCUT2D eigenvalue weighted by atomic mass is 35.5. The number of rotatable bonds is 4. The molecule has 0 amide bonds. The standard InChI is InChI=1S/C22H22ClNO4/c1-27-17-5-2-15(3-6-17)20(26)14-24-10-8-22(9-11-24)13-19(25)18-12-16(23)4-7-21(18)28-22/h2-7,12H,8-11,13-14H2,1H3. The molecule has 2 heterocycles. The Bertz CT molecular complexity index is 901. The first kappa shape index (κ1) is 19.0. The van der Waals surface area contributed by atoms with E-state index in [9.17, 15) is 9.59 Å². The van der Waals surface area contributed by atoms with Gasteiger partial charge in [-0.3, -0.25) is 14.5 Å². The lowest BCUT2D eigenvalue weighted by molar-refractivity contribution is -0.00801. The summed E-state index contributed by atoms with van der Waals surface area (Å²) in [4.78, 5) is 27.3. The molecular weight excluding hydrogens is 378 g/mol. The number of benzene rings is 2. The lowest BCUT2D eigenvalue weighted by atomic mass is 9.82. The van der Waals surface area contributed by atoms with Gasteiger partial charge in [-0.15, -0.1) is 0 Å². The summed E-state index contributed by atoms with van der Waals surface area (Å²) in [6.07, 6.45) is 1.80. The van der Waals surface area contributed by atoms with Crippen LogP contribution in [0.3, 0.4) is 0 Å². The molecule has 0 aromatic heterocycles. The zero-order valence-corrected chi connectivity index (χ0v) is 16.5. The van der Waals surface area contributed by atoms with Crippen LogP contribution in [0.5, 0.6) is 11.5 Å². The molecule has 0 radical (unpaired) electrons. The van der Waals surface area contributed by atoms with Crippen molar-refractivity contribution < 1.29 is 19.1 Å².